The van der Waals surface area contributed by atoms with Gasteiger partial charge in [0.05, 0.1) is 6.04 Å². The van der Waals surface area contributed by atoms with E-state index >= 15 is 0 Å². The van der Waals surface area contributed by atoms with Crippen LogP contribution in [0, 0.1) is 0 Å². The van der Waals surface area contributed by atoms with Gasteiger partial charge in [-0.3, -0.25) is 4.90 Å². The Bertz CT molecular complexity index is 365. The van der Waals surface area contributed by atoms with Crippen LogP contribution in [0.15, 0.2) is 28.7 Å². The number of nitrogens with two attached hydrogens (primary N) is 1. The molecular formula is C10H12BrN3O. The van der Waals surface area contributed by atoms with Gasteiger partial charge in [0, 0.05) is 23.2 Å². The highest BCUT2D eigenvalue weighted by atomic mass is 79.9. The van der Waals surface area contributed by atoms with E-state index in [0.717, 1.165) is 10.2 Å². The second kappa shape index (κ2) is 4.20. The second-order valence-electron chi connectivity index (χ2n) is 3.47. The fourth-order valence-corrected chi connectivity index (χ4v) is 1.84. The molecule has 2 amide bonds. The Morgan fingerprint density at radius 2 is 2.13 bits per heavy atom. The van der Waals surface area contributed by atoms with Crippen LogP contribution in [0.4, 0.5) is 10.5 Å². The molecule has 5 heteroatoms. The maximum atomic E-state index is 11.6. The van der Waals surface area contributed by atoms with Crippen molar-refractivity contribution in [2.45, 2.75) is 6.04 Å². The number of benzene rings is 1. The van der Waals surface area contributed by atoms with Crippen LogP contribution < -0.4 is 16.0 Å². The van der Waals surface area contributed by atoms with E-state index in [2.05, 4.69) is 21.2 Å². The first-order chi connectivity index (χ1) is 7.20. The Balaban J connectivity index is 2.18. The first kappa shape index (κ1) is 10.4. The molecule has 15 heavy (non-hydrogen) atoms. The SMILES string of the molecule is NCC1CN(c2ccc(Br)cc2)C(=O)N1. The summed E-state index contributed by atoms with van der Waals surface area (Å²) < 4.78 is 1.00. The predicted molar refractivity (Wildman–Crippen MR) is 62.9 cm³/mol. The van der Waals surface area contributed by atoms with Crippen molar-refractivity contribution >= 4 is 27.6 Å². The van der Waals surface area contributed by atoms with Crippen LogP contribution in [0.3, 0.4) is 0 Å². The molecule has 1 atom stereocenters. The summed E-state index contributed by atoms with van der Waals surface area (Å²) in [5, 5.41) is 2.82. The van der Waals surface area contributed by atoms with E-state index in [1.165, 1.54) is 0 Å². The lowest BCUT2D eigenvalue weighted by atomic mass is 10.2. The first-order valence-electron chi connectivity index (χ1n) is 4.74. The van der Waals surface area contributed by atoms with Crippen molar-refractivity contribution < 1.29 is 4.79 Å². The average Bonchev–Trinajstić information content (AvgIpc) is 2.61. The topological polar surface area (TPSA) is 58.4 Å². The molecular weight excluding hydrogens is 258 g/mol. The molecule has 1 aromatic rings. The molecule has 0 bridgehead atoms. The lowest BCUT2D eigenvalue weighted by molar-refractivity contribution is 0.251. The van der Waals surface area contributed by atoms with Crippen LogP contribution in [-0.2, 0) is 0 Å². The molecule has 0 aromatic heterocycles. The van der Waals surface area contributed by atoms with E-state index in [-0.39, 0.29) is 12.1 Å². The van der Waals surface area contributed by atoms with Crippen LogP contribution in [0.2, 0.25) is 0 Å². The third-order valence-electron chi connectivity index (χ3n) is 2.40. The summed E-state index contributed by atoms with van der Waals surface area (Å²) >= 11 is 3.36. The monoisotopic (exact) mass is 269 g/mol. The maximum absolute atomic E-state index is 11.6. The Hall–Kier alpha value is -1.07. The van der Waals surface area contributed by atoms with Gasteiger partial charge in [0.15, 0.2) is 0 Å². The second-order valence-corrected chi connectivity index (χ2v) is 4.38. The number of nitrogens with one attached hydrogen (secondary N) is 1. The fraction of sp³-hybridized carbons (Fsp3) is 0.300. The maximum Gasteiger partial charge on any atom is 0.322 e. The summed E-state index contributed by atoms with van der Waals surface area (Å²) in [5.41, 5.74) is 6.41. The average molecular weight is 270 g/mol. The standard InChI is InChI=1S/C10H12BrN3O/c11-7-1-3-9(4-2-7)14-6-8(5-12)13-10(14)15/h1-4,8H,5-6,12H2,(H,13,15). The number of carbonyl (C=O) groups excluding carboxylic acids is 1. The van der Waals surface area contributed by atoms with Crippen LogP contribution in [0.1, 0.15) is 0 Å². The van der Waals surface area contributed by atoms with Gasteiger partial charge in [0.2, 0.25) is 0 Å². The zero-order chi connectivity index (χ0) is 10.8. The van der Waals surface area contributed by atoms with Gasteiger partial charge >= 0.3 is 6.03 Å². The van der Waals surface area contributed by atoms with E-state index in [9.17, 15) is 4.79 Å². The molecule has 1 aliphatic rings. The molecule has 1 aromatic carbocycles. The van der Waals surface area contributed by atoms with Gasteiger partial charge in [0.1, 0.15) is 0 Å². The molecule has 1 heterocycles. The van der Waals surface area contributed by atoms with Crippen LogP contribution in [0.25, 0.3) is 0 Å². The smallest absolute Gasteiger partial charge is 0.322 e. The number of nitrogens with zero attached hydrogens (tertiary/aromatic N) is 1. The normalized spacial score (nSPS) is 20.5. The number of hydrogen-bond acceptors (Lipinski definition) is 2. The van der Waals surface area contributed by atoms with Crippen LogP contribution in [0.5, 0.6) is 0 Å². The Morgan fingerprint density at radius 3 is 2.67 bits per heavy atom. The molecule has 0 aliphatic carbocycles. The van der Waals surface area contributed by atoms with Gasteiger partial charge in [-0.05, 0) is 24.3 Å². The highest BCUT2D eigenvalue weighted by Crippen LogP contribution is 2.20. The molecule has 1 unspecified atom stereocenters. The van der Waals surface area contributed by atoms with Crippen LogP contribution >= 0.6 is 15.9 Å². The predicted octanol–water partition coefficient (Wildman–Crippen LogP) is 1.31. The molecule has 1 fully saturated rings. The minimum Gasteiger partial charge on any atom is -0.332 e. The minimum absolute atomic E-state index is 0.0566. The van der Waals surface area contributed by atoms with Crippen molar-refractivity contribution in [2.24, 2.45) is 5.73 Å². The highest BCUT2D eigenvalue weighted by molar-refractivity contribution is 9.10. The van der Waals surface area contributed by atoms with Gasteiger partial charge in [-0.1, -0.05) is 15.9 Å². The van der Waals surface area contributed by atoms with E-state index in [0.29, 0.717) is 13.1 Å². The van der Waals surface area contributed by atoms with Crippen molar-refractivity contribution in [2.75, 3.05) is 18.0 Å². The largest absolute Gasteiger partial charge is 0.332 e. The zero-order valence-corrected chi connectivity index (χ0v) is 9.70. The van der Waals surface area contributed by atoms with Gasteiger partial charge < -0.3 is 11.1 Å². The zero-order valence-electron chi connectivity index (χ0n) is 8.11. The summed E-state index contributed by atoms with van der Waals surface area (Å²) in [6.45, 7) is 1.11. The summed E-state index contributed by atoms with van der Waals surface area (Å²) in [6.07, 6.45) is 0. The van der Waals surface area contributed by atoms with E-state index in [1.54, 1.807) is 4.90 Å². The summed E-state index contributed by atoms with van der Waals surface area (Å²) in [7, 11) is 0. The van der Waals surface area contributed by atoms with E-state index in [4.69, 9.17) is 5.73 Å². The van der Waals surface area contributed by atoms with Gasteiger partial charge in [-0.2, -0.15) is 0 Å². The molecule has 80 valence electrons. The molecule has 2 rings (SSSR count). The third-order valence-corrected chi connectivity index (χ3v) is 2.93. The summed E-state index contributed by atoms with van der Waals surface area (Å²) in [5.74, 6) is 0. The van der Waals surface area contributed by atoms with Gasteiger partial charge in [0.25, 0.3) is 0 Å². The molecule has 1 saturated heterocycles. The van der Waals surface area contributed by atoms with E-state index < -0.39 is 0 Å². The van der Waals surface area contributed by atoms with Crippen molar-refractivity contribution in [3.8, 4) is 0 Å². The van der Waals surface area contributed by atoms with Crippen molar-refractivity contribution in [3.05, 3.63) is 28.7 Å². The summed E-state index contributed by atoms with van der Waals surface area (Å²) in [4.78, 5) is 13.3. The number of urea groups is 1. The van der Waals surface area contributed by atoms with Gasteiger partial charge in [-0.25, -0.2) is 4.79 Å². The number of rotatable bonds is 2. The van der Waals surface area contributed by atoms with Gasteiger partial charge in [-0.15, -0.1) is 0 Å². The minimum atomic E-state index is -0.0761. The molecule has 0 radical (unpaired) electrons. The Labute approximate surface area is 96.6 Å². The van der Waals surface area contributed by atoms with Crippen molar-refractivity contribution in [1.29, 1.82) is 0 Å². The molecule has 0 spiro atoms. The van der Waals surface area contributed by atoms with Crippen LogP contribution in [-0.4, -0.2) is 25.2 Å². The first-order valence-corrected chi connectivity index (χ1v) is 5.53. The summed E-state index contributed by atoms with van der Waals surface area (Å²) in [6, 6.07) is 7.62. The lowest BCUT2D eigenvalue weighted by Crippen LogP contribution is -2.33. The lowest BCUT2D eigenvalue weighted by Gasteiger charge is -2.14. The molecule has 0 saturated carbocycles. The van der Waals surface area contributed by atoms with Crippen molar-refractivity contribution in [1.82, 2.24) is 5.32 Å². The van der Waals surface area contributed by atoms with E-state index in [1.807, 2.05) is 24.3 Å². The molecule has 1 aliphatic heterocycles. The number of amides is 2. The Kier molecular flexibility index (Phi) is 2.93. The quantitative estimate of drug-likeness (QED) is 0.851. The highest BCUT2D eigenvalue weighted by Gasteiger charge is 2.28. The number of anilines is 1. The number of hydrogen-bond donors (Lipinski definition) is 2. The van der Waals surface area contributed by atoms with Crippen molar-refractivity contribution in [3.63, 3.8) is 0 Å². The Morgan fingerprint density at radius 1 is 1.47 bits per heavy atom. The third kappa shape index (κ3) is 2.13. The number of carbonyl (C=O) groups is 1. The fourth-order valence-electron chi connectivity index (χ4n) is 1.58. The number of halogens is 1. The molecule has 3 N–H and O–H groups in total. The molecule has 4 nitrogen and oxygen atoms in total.